The quantitative estimate of drug-likeness (QED) is 0.0925. The van der Waals surface area contributed by atoms with Crippen LogP contribution in [-0.4, -0.2) is 49.7 Å². The zero-order chi connectivity index (χ0) is 32.7. The second-order valence-corrected chi connectivity index (χ2v) is 13.4. The number of carbonyl (C=O) groups is 1. The van der Waals surface area contributed by atoms with Gasteiger partial charge < -0.3 is 19.6 Å². The van der Waals surface area contributed by atoms with Gasteiger partial charge in [0.1, 0.15) is 6.61 Å². The van der Waals surface area contributed by atoms with Crippen molar-refractivity contribution in [1.82, 2.24) is 9.62 Å². The minimum absolute atomic E-state index is 0. The average Bonchev–Trinajstić information content (AvgIpc) is 3.02. The number of oxime groups is 1. The van der Waals surface area contributed by atoms with Crippen LogP contribution in [0, 0.1) is 9.93 Å². The van der Waals surface area contributed by atoms with E-state index in [9.17, 15) is 23.1 Å². The van der Waals surface area contributed by atoms with Crippen LogP contribution in [0.5, 0.6) is 0 Å². The van der Waals surface area contributed by atoms with Crippen molar-refractivity contribution >= 4 is 51.3 Å². The maximum absolute atomic E-state index is 14.3. The van der Waals surface area contributed by atoms with E-state index >= 15 is 0 Å². The Labute approximate surface area is 327 Å². The molecule has 0 unspecified atom stereocenters. The van der Waals surface area contributed by atoms with Crippen molar-refractivity contribution in [1.29, 1.82) is 0 Å². The Morgan fingerprint density at radius 2 is 1.72 bits per heavy atom. The van der Waals surface area contributed by atoms with E-state index in [4.69, 9.17) is 38.0 Å². The zero-order valence-corrected chi connectivity index (χ0v) is 32.3. The number of carbonyl (C=O) groups excluding carboxylic acids is 2. The number of halogens is 2. The van der Waals surface area contributed by atoms with Crippen LogP contribution in [0.2, 0.25) is 10.0 Å². The molecule has 2 aliphatic rings. The molecule has 16 heteroatoms. The van der Waals surface area contributed by atoms with E-state index in [0.717, 1.165) is 19.1 Å². The topological polar surface area (TPSA) is 162 Å². The summed E-state index contributed by atoms with van der Waals surface area (Å²) in [4.78, 5) is 46.4. The molecule has 5 rings (SSSR count). The van der Waals surface area contributed by atoms with Gasteiger partial charge in [-0.2, -0.15) is 17.7 Å². The summed E-state index contributed by atoms with van der Waals surface area (Å²) in [6, 6.07) is 16.1. The normalized spacial score (nSPS) is 20.8. The van der Waals surface area contributed by atoms with Gasteiger partial charge in [0.25, 0.3) is 5.91 Å². The predicted octanol–water partition coefficient (Wildman–Crippen LogP) is -1.44. The first-order valence-electron chi connectivity index (χ1n) is 13.9. The average molecular weight is 721 g/mol. The van der Waals surface area contributed by atoms with E-state index in [0.29, 0.717) is 45.7 Å². The Bertz CT molecular complexity index is 1700. The minimum atomic E-state index is -3.60. The molecule has 0 aromatic heterocycles. The zero-order valence-electron chi connectivity index (χ0n) is 26.0. The van der Waals surface area contributed by atoms with Gasteiger partial charge in [0, 0.05) is 49.4 Å². The van der Waals surface area contributed by atoms with Crippen molar-refractivity contribution in [2.45, 2.75) is 56.3 Å². The van der Waals surface area contributed by atoms with Gasteiger partial charge in [-0.15, -0.1) is 11.2 Å². The number of rotatable bonds is 9. The van der Waals surface area contributed by atoms with Crippen molar-refractivity contribution in [2.24, 2.45) is 5.16 Å². The Morgan fingerprint density at radius 1 is 1.02 bits per heavy atom. The molecule has 1 N–H and O–H groups in total. The van der Waals surface area contributed by atoms with Crippen LogP contribution < -0.4 is 68.9 Å². The van der Waals surface area contributed by atoms with Gasteiger partial charge in [0.05, 0.1) is 18.6 Å². The summed E-state index contributed by atoms with van der Waals surface area (Å²) in [5.41, 5.74) is 2.20. The van der Waals surface area contributed by atoms with E-state index in [1.807, 2.05) is 6.29 Å². The minimum Gasteiger partial charge on any atom is -0.859 e. The molecule has 1 heterocycles. The molecular weight excluding hydrogens is 691 g/mol. The monoisotopic (exact) mass is 719 g/mol. The number of nitrogens with one attached hydrogen (secondary N) is 1. The van der Waals surface area contributed by atoms with Crippen molar-refractivity contribution < 1.29 is 87.1 Å². The molecule has 47 heavy (non-hydrogen) atoms. The van der Waals surface area contributed by atoms with Gasteiger partial charge in [0.15, 0.2) is 0 Å². The van der Waals surface area contributed by atoms with Gasteiger partial charge in [0.2, 0.25) is 10.0 Å². The molecule has 4 atom stereocenters. The maximum atomic E-state index is 14.3. The number of benzene rings is 3. The van der Waals surface area contributed by atoms with Crippen LogP contribution in [0.15, 0.2) is 71.9 Å². The standard InChI is InChI=1S/C31H30Cl2N3O6S.2Na.O2/c1-43(40,41)35-26-11-4-5-12-27(26)36-29(24-14-13-21(32)16-25(24)33)28(22-9-2-3-10-23(22)31(36)39)30(38)34-42-18-20-8-6-7-19(15-20)17-37;;;1-2/h2-3,6-10,13-16,26-29,35H,4-5,11-12,18H2,1H3,(H,34,38);;;/q-1;2*+1;/p-1/t26-,27-,28+,29-;;;/m1.../s1. The number of sulfonamides is 1. The number of amides is 1. The van der Waals surface area contributed by atoms with Gasteiger partial charge in [-0.3, -0.25) is 4.79 Å². The van der Waals surface area contributed by atoms with Gasteiger partial charge >= 0.3 is 59.1 Å². The van der Waals surface area contributed by atoms with Crippen molar-refractivity contribution in [2.75, 3.05) is 6.26 Å². The molecule has 0 radical (unpaired) electrons. The van der Waals surface area contributed by atoms with Gasteiger partial charge in [-0.05, 0) is 42.2 Å². The molecular formula is C31H29Cl2N3Na2O8S. The van der Waals surface area contributed by atoms with Crippen LogP contribution in [0.3, 0.4) is 0 Å². The second kappa shape index (κ2) is 18.8. The van der Waals surface area contributed by atoms with Crippen LogP contribution in [-0.2, 0) is 26.3 Å². The van der Waals surface area contributed by atoms with Crippen LogP contribution in [0.25, 0.3) is 0 Å². The molecule has 3 aromatic carbocycles. The largest absolute Gasteiger partial charge is 1.00 e. The summed E-state index contributed by atoms with van der Waals surface area (Å²) >= 11 is 13.0. The fraction of sp³-hybridized carbons (Fsp3) is 0.323. The van der Waals surface area contributed by atoms with E-state index in [2.05, 4.69) is 9.88 Å². The molecule has 3 aromatic rings. The molecule has 1 aliphatic heterocycles. The molecule has 0 spiro atoms. The Hall–Kier alpha value is -1.84. The van der Waals surface area contributed by atoms with Crippen LogP contribution >= 0.6 is 23.2 Å². The third kappa shape index (κ3) is 10.1. The number of fused-ring (bicyclic) bond motifs is 1. The number of nitrogens with zero attached hydrogens (tertiary/aromatic N) is 2. The summed E-state index contributed by atoms with van der Waals surface area (Å²) in [7, 11) is -3.60. The Morgan fingerprint density at radius 3 is 2.40 bits per heavy atom. The van der Waals surface area contributed by atoms with Crippen molar-refractivity contribution in [3.05, 3.63) is 115 Å². The van der Waals surface area contributed by atoms with Gasteiger partial charge in [-0.1, -0.05) is 71.9 Å². The molecule has 1 fully saturated rings. The third-order valence-electron chi connectivity index (χ3n) is 7.81. The fourth-order valence-corrected chi connectivity index (χ4v) is 7.41. The van der Waals surface area contributed by atoms with E-state index in [-0.39, 0.29) is 76.7 Å². The first kappa shape index (κ1) is 41.3. The summed E-state index contributed by atoms with van der Waals surface area (Å²) in [5, 5.41) is 18.6. The molecule has 238 valence electrons. The summed E-state index contributed by atoms with van der Waals surface area (Å²) in [6.07, 6.45) is 5.49. The summed E-state index contributed by atoms with van der Waals surface area (Å²) in [5.74, 6) is -2.02. The van der Waals surface area contributed by atoms with Crippen LogP contribution in [0.1, 0.15) is 70.3 Å². The van der Waals surface area contributed by atoms with E-state index in [1.165, 1.54) is 0 Å². The van der Waals surface area contributed by atoms with Crippen LogP contribution in [0.4, 0.5) is 0 Å². The first-order chi connectivity index (χ1) is 21.6. The number of hydrogen-bond acceptors (Lipinski definition) is 9. The third-order valence-corrected chi connectivity index (χ3v) is 9.10. The van der Waals surface area contributed by atoms with E-state index < -0.39 is 40.0 Å². The van der Waals surface area contributed by atoms with Crippen molar-refractivity contribution in [3.63, 3.8) is 0 Å². The smallest absolute Gasteiger partial charge is 0.859 e. The Kier molecular flexibility index (Phi) is 16.5. The summed E-state index contributed by atoms with van der Waals surface area (Å²) < 4.78 is 27.4. The molecule has 0 bridgehead atoms. The maximum Gasteiger partial charge on any atom is 1.00 e. The molecule has 1 aliphatic carbocycles. The SMILES string of the molecule is CS(=O)(=O)N[C@@H]1CCCC[C@H]1N1C(=O)c2ccccc2[C@H](C([O-])=NOCc2cccc([C-]=O)c2)[C@H]1c1ccc(Cl)cc1Cl.O=O.[Na+].[Na+]. The van der Waals surface area contributed by atoms with E-state index in [1.54, 1.807) is 71.6 Å². The molecule has 1 saturated carbocycles. The molecule has 11 nitrogen and oxygen atoms in total. The molecule has 1 amide bonds. The Balaban J connectivity index is 0.00000188. The number of hydrogen-bond donors (Lipinski definition) is 1. The van der Waals surface area contributed by atoms with Crippen molar-refractivity contribution in [3.8, 4) is 0 Å². The first-order valence-corrected chi connectivity index (χ1v) is 16.6. The summed E-state index contributed by atoms with van der Waals surface area (Å²) in [6.45, 7) is -0.0758. The van der Waals surface area contributed by atoms with Gasteiger partial charge in [-0.25, -0.2) is 13.1 Å². The fourth-order valence-electron chi connectivity index (χ4n) is 6.06. The molecule has 0 saturated heterocycles. The predicted molar refractivity (Wildman–Crippen MR) is 169 cm³/mol. The second-order valence-electron chi connectivity index (χ2n) is 10.7.